The fraction of sp³-hybridized carbons (Fsp3) is 0.632. The van der Waals surface area contributed by atoms with Gasteiger partial charge in [0.05, 0.1) is 5.54 Å². The highest BCUT2D eigenvalue weighted by Gasteiger charge is 2.50. The van der Waals surface area contributed by atoms with Crippen molar-refractivity contribution in [2.24, 2.45) is 5.92 Å². The molecule has 2 fully saturated rings. The summed E-state index contributed by atoms with van der Waals surface area (Å²) in [7, 11) is 3.94. The number of carbonyl (C=O) groups excluding carboxylic acids is 1. The van der Waals surface area contributed by atoms with E-state index >= 15 is 0 Å². The van der Waals surface area contributed by atoms with Gasteiger partial charge in [0.15, 0.2) is 6.61 Å². The zero-order chi connectivity index (χ0) is 17.2. The summed E-state index contributed by atoms with van der Waals surface area (Å²) >= 11 is 0. The molecule has 132 valence electrons. The largest absolute Gasteiger partial charge is 0.484 e. The molecule has 5 heteroatoms. The highest BCUT2D eigenvalue weighted by molar-refractivity contribution is 5.79. The molecule has 3 rings (SSSR count). The number of likely N-dealkylation sites (N-methyl/N-ethyl adjacent to an activating group) is 1. The summed E-state index contributed by atoms with van der Waals surface area (Å²) in [5, 5.41) is 0. The van der Waals surface area contributed by atoms with E-state index in [4.69, 9.17) is 9.47 Å². The average molecular weight is 332 g/mol. The van der Waals surface area contributed by atoms with Crippen molar-refractivity contribution in [2.75, 3.05) is 47.0 Å². The fourth-order valence-corrected chi connectivity index (χ4v) is 3.95. The molecule has 1 spiro atoms. The number of hydrogen-bond acceptors (Lipinski definition) is 4. The van der Waals surface area contributed by atoms with Gasteiger partial charge in [0.25, 0.3) is 5.91 Å². The summed E-state index contributed by atoms with van der Waals surface area (Å²) in [5.41, 5.74) is 1.19. The lowest BCUT2D eigenvalue weighted by molar-refractivity contribution is -0.153. The zero-order valence-electron chi connectivity index (χ0n) is 15.0. The SMILES string of the molecule is COC[C@@H]1CCN(C)C2(C1)CN(C(=O)COc1ccccc1C)C2. The van der Waals surface area contributed by atoms with Crippen LogP contribution in [-0.4, -0.2) is 68.3 Å². The second-order valence-corrected chi connectivity index (χ2v) is 7.26. The number of carbonyl (C=O) groups is 1. The predicted molar refractivity (Wildman–Crippen MR) is 93.2 cm³/mol. The van der Waals surface area contributed by atoms with Crippen LogP contribution in [0.25, 0.3) is 0 Å². The number of methoxy groups -OCH3 is 1. The Morgan fingerprint density at radius 2 is 2.08 bits per heavy atom. The van der Waals surface area contributed by atoms with Crippen LogP contribution < -0.4 is 4.74 Å². The Balaban J connectivity index is 1.51. The second-order valence-electron chi connectivity index (χ2n) is 7.26. The van der Waals surface area contributed by atoms with Crippen LogP contribution in [0.3, 0.4) is 0 Å². The minimum atomic E-state index is 0.0751. The summed E-state index contributed by atoms with van der Waals surface area (Å²) in [4.78, 5) is 16.7. The molecule has 2 heterocycles. The van der Waals surface area contributed by atoms with Crippen molar-refractivity contribution >= 4 is 5.91 Å². The van der Waals surface area contributed by atoms with Gasteiger partial charge in [-0.2, -0.15) is 0 Å². The van der Waals surface area contributed by atoms with Gasteiger partial charge in [-0.3, -0.25) is 9.69 Å². The van der Waals surface area contributed by atoms with Crippen LogP contribution in [0, 0.1) is 12.8 Å². The number of likely N-dealkylation sites (tertiary alicyclic amines) is 2. The number of rotatable bonds is 5. The first kappa shape index (κ1) is 17.2. The molecule has 0 saturated carbocycles. The third-order valence-corrected chi connectivity index (χ3v) is 5.52. The average Bonchev–Trinajstić information content (AvgIpc) is 2.54. The Bertz CT molecular complexity index is 584. The summed E-state index contributed by atoms with van der Waals surface area (Å²) in [6.07, 6.45) is 2.29. The molecular weight excluding hydrogens is 304 g/mol. The van der Waals surface area contributed by atoms with Crippen LogP contribution in [0.1, 0.15) is 18.4 Å². The zero-order valence-corrected chi connectivity index (χ0v) is 15.0. The highest BCUT2D eigenvalue weighted by atomic mass is 16.5. The van der Waals surface area contributed by atoms with E-state index in [-0.39, 0.29) is 18.1 Å². The Hall–Kier alpha value is -1.59. The molecule has 2 aliphatic heterocycles. The van der Waals surface area contributed by atoms with Crippen molar-refractivity contribution in [3.8, 4) is 5.75 Å². The summed E-state index contributed by atoms with van der Waals surface area (Å²) in [6.45, 7) is 5.62. The van der Waals surface area contributed by atoms with Crippen molar-refractivity contribution in [3.05, 3.63) is 29.8 Å². The normalized spacial score (nSPS) is 23.1. The number of benzene rings is 1. The summed E-state index contributed by atoms with van der Waals surface area (Å²) in [5.74, 6) is 1.47. The number of nitrogens with zero attached hydrogens (tertiary/aromatic N) is 2. The number of aryl methyl sites for hydroxylation is 1. The molecule has 1 atom stereocenters. The lowest BCUT2D eigenvalue weighted by Gasteiger charge is -2.58. The first-order chi connectivity index (χ1) is 11.5. The summed E-state index contributed by atoms with van der Waals surface area (Å²) in [6, 6.07) is 7.80. The quantitative estimate of drug-likeness (QED) is 0.826. The van der Waals surface area contributed by atoms with Gasteiger partial charge in [0, 0.05) is 26.8 Å². The minimum absolute atomic E-state index is 0.0751. The van der Waals surface area contributed by atoms with Crippen molar-refractivity contribution in [2.45, 2.75) is 25.3 Å². The standard InChI is InChI=1S/C19H28N2O3/c1-15-6-4-5-7-17(15)24-12-18(22)21-13-19(14-21)10-16(11-23-3)8-9-20(19)2/h4-7,16H,8-14H2,1-3H3/t16-/m1/s1. The van der Waals surface area contributed by atoms with Gasteiger partial charge in [0.1, 0.15) is 5.75 Å². The monoisotopic (exact) mass is 332 g/mol. The van der Waals surface area contributed by atoms with E-state index in [1.807, 2.05) is 36.1 Å². The second kappa shape index (κ2) is 7.11. The van der Waals surface area contributed by atoms with Crippen molar-refractivity contribution in [1.82, 2.24) is 9.80 Å². The van der Waals surface area contributed by atoms with Crippen LogP contribution in [0.2, 0.25) is 0 Å². The fourth-order valence-electron chi connectivity index (χ4n) is 3.95. The molecule has 2 aliphatic rings. The van der Waals surface area contributed by atoms with Crippen LogP contribution in [0.5, 0.6) is 5.75 Å². The van der Waals surface area contributed by atoms with Gasteiger partial charge in [-0.15, -0.1) is 0 Å². The first-order valence-corrected chi connectivity index (χ1v) is 8.70. The molecule has 0 radical (unpaired) electrons. The Morgan fingerprint density at radius 3 is 2.79 bits per heavy atom. The topological polar surface area (TPSA) is 42.0 Å². The van der Waals surface area contributed by atoms with Gasteiger partial charge < -0.3 is 14.4 Å². The van der Waals surface area contributed by atoms with Gasteiger partial charge in [-0.1, -0.05) is 18.2 Å². The molecule has 0 aliphatic carbocycles. The Labute approximate surface area is 144 Å². The van der Waals surface area contributed by atoms with Crippen LogP contribution in [0.4, 0.5) is 0 Å². The summed E-state index contributed by atoms with van der Waals surface area (Å²) < 4.78 is 11.0. The molecule has 24 heavy (non-hydrogen) atoms. The third kappa shape index (κ3) is 3.42. The van der Waals surface area contributed by atoms with E-state index in [0.717, 1.165) is 44.0 Å². The molecular formula is C19H28N2O3. The Morgan fingerprint density at radius 1 is 1.33 bits per heavy atom. The molecule has 1 aromatic carbocycles. The van der Waals surface area contributed by atoms with E-state index in [2.05, 4.69) is 11.9 Å². The third-order valence-electron chi connectivity index (χ3n) is 5.52. The van der Waals surface area contributed by atoms with Crippen molar-refractivity contribution < 1.29 is 14.3 Å². The highest BCUT2D eigenvalue weighted by Crippen LogP contribution is 2.38. The van der Waals surface area contributed by atoms with E-state index in [9.17, 15) is 4.79 Å². The predicted octanol–water partition coefficient (Wildman–Crippen LogP) is 1.94. The van der Waals surface area contributed by atoms with E-state index in [0.29, 0.717) is 5.92 Å². The van der Waals surface area contributed by atoms with E-state index in [1.165, 1.54) is 6.42 Å². The van der Waals surface area contributed by atoms with Crippen LogP contribution in [-0.2, 0) is 9.53 Å². The van der Waals surface area contributed by atoms with Gasteiger partial charge in [-0.05, 0) is 50.9 Å². The molecule has 5 nitrogen and oxygen atoms in total. The van der Waals surface area contributed by atoms with E-state index < -0.39 is 0 Å². The van der Waals surface area contributed by atoms with Crippen LogP contribution >= 0.6 is 0 Å². The van der Waals surface area contributed by atoms with Gasteiger partial charge in [-0.25, -0.2) is 0 Å². The smallest absolute Gasteiger partial charge is 0.260 e. The van der Waals surface area contributed by atoms with Crippen molar-refractivity contribution in [3.63, 3.8) is 0 Å². The molecule has 0 unspecified atom stereocenters. The number of amides is 1. The number of piperidine rings is 1. The molecule has 1 aromatic rings. The molecule has 1 amide bonds. The number of ether oxygens (including phenoxy) is 2. The van der Waals surface area contributed by atoms with Gasteiger partial charge >= 0.3 is 0 Å². The first-order valence-electron chi connectivity index (χ1n) is 8.70. The molecule has 0 N–H and O–H groups in total. The van der Waals surface area contributed by atoms with Gasteiger partial charge in [0.2, 0.25) is 0 Å². The Kier molecular flexibility index (Phi) is 5.11. The maximum atomic E-state index is 12.4. The maximum Gasteiger partial charge on any atom is 0.260 e. The van der Waals surface area contributed by atoms with Crippen LogP contribution in [0.15, 0.2) is 24.3 Å². The molecule has 0 bridgehead atoms. The molecule has 2 saturated heterocycles. The lowest BCUT2D eigenvalue weighted by atomic mass is 9.75. The lowest BCUT2D eigenvalue weighted by Crippen LogP contribution is -2.73. The minimum Gasteiger partial charge on any atom is -0.484 e. The molecule has 0 aromatic heterocycles. The number of para-hydroxylation sites is 1. The van der Waals surface area contributed by atoms with E-state index in [1.54, 1.807) is 7.11 Å². The number of hydrogen-bond donors (Lipinski definition) is 0. The maximum absolute atomic E-state index is 12.4. The van der Waals surface area contributed by atoms with Crippen molar-refractivity contribution in [1.29, 1.82) is 0 Å².